The predicted octanol–water partition coefficient (Wildman–Crippen LogP) is 15.3. The first-order valence-electron chi connectivity index (χ1n) is 28.1. The summed E-state index contributed by atoms with van der Waals surface area (Å²) in [7, 11) is 2.69. The molecular formula is C69H64N4O10. The third-order valence-electron chi connectivity index (χ3n) is 17.2. The van der Waals surface area contributed by atoms with E-state index in [0.717, 1.165) is 59.8 Å². The summed E-state index contributed by atoms with van der Waals surface area (Å²) in [6.45, 7) is 19.6. The van der Waals surface area contributed by atoms with Gasteiger partial charge in [0.05, 0.1) is 48.1 Å². The van der Waals surface area contributed by atoms with E-state index in [1.54, 1.807) is 12.1 Å². The number of hydrogen-bond donors (Lipinski definition) is 0. The van der Waals surface area contributed by atoms with Crippen molar-refractivity contribution < 1.29 is 47.6 Å². The van der Waals surface area contributed by atoms with Crippen LogP contribution in [0.5, 0.6) is 23.0 Å². The van der Waals surface area contributed by atoms with Crippen LogP contribution in [-0.4, -0.2) is 64.5 Å². The highest BCUT2D eigenvalue weighted by Crippen LogP contribution is 2.60. The number of amides is 2. The second kappa shape index (κ2) is 20.5. The van der Waals surface area contributed by atoms with Crippen molar-refractivity contribution in [2.75, 3.05) is 60.0 Å². The van der Waals surface area contributed by atoms with Gasteiger partial charge in [-0.25, -0.2) is 29.0 Å². The van der Waals surface area contributed by atoms with Gasteiger partial charge in [0.25, 0.3) is 0 Å². The highest BCUT2D eigenvalue weighted by Gasteiger charge is 2.56. The van der Waals surface area contributed by atoms with E-state index in [4.69, 9.17) is 28.4 Å². The number of fused-ring (bicyclic) bond motifs is 12. The fourth-order valence-electron chi connectivity index (χ4n) is 12.7. The molecule has 4 aliphatic heterocycles. The molecule has 2 atom stereocenters. The van der Waals surface area contributed by atoms with Crippen molar-refractivity contribution in [1.82, 2.24) is 0 Å². The highest BCUT2D eigenvalue weighted by molar-refractivity contribution is 6.01. The second-order valence-electron chi connectivity index (χ2n) is 21.7. The summed E-state index contributed by atoms with van der Waals surface area (Å²) >= 11 is 0. The molecule has 4 heterocycles. The van der Waals surface area contributed by atoms with Crippen LogP contribution in [0.25, 0.3) is 0 Å². The Morgan fingerprint density at radius 2 is 0.795 bits per heavy atom. The summed E-state index contributed by atoms with van der Waals surface area (Å²) in [6.07, 6.45) is -1.24. The van der Waals surface area contributed by atoms with Crippen LogP contribution in [-0.2, 0) is 35.6 Å². The average molecular weight is 1110 g/mol. The number of carbonyl (C=O) groups excluding carboxylic acids is 4. The lowest BCUT2D eigenvalue weighted by Gasteiger charge is -2.38. The van der Waals surface area contributed by atoms with Crippen molar-refractivity contribution in [2.24, 2.45) is 0 Å². The predicted molar refractivity (Wildman–Crippen MR) is 320 cm³/mol. The molecule has 0 N–H and O–H groups in total. The van der Waals surface area contributed by atoms with Crippen LogP contribution in [0, 0.1) is 13.8 Å². The molecule has 0 saturated carbocycles. The lowest BCUT2D eigenvalue weighted by atomic mass is 9.77. The molecule has 0 radical (unpaired) electrons. The second-order valence-corrected chi connectivity index (χ2v) is 21.7. The Morgan fingerprint density at radius 1 is 0.446 bits per heavy atom. The lowest BCUT2D eigenvalue weighted by molar-refractivity contribution is 0.0214. The molecule has 420 valence electrons. The number of methoxy groups -OCH3 is 2. The van der Waals surface area contributed by atoms with Crippen molar-refractivity contribution in [2.45, 2.75) is 72.0 Å². The van der Waals surface area contributed by atoms with Gasteiger partial charge in [0.15, 0.2) is 11.2 Å². The summed E-state index contributed by atoms with van der Waals surface area (Å²) in [5.74, 6) is 1.25. The molecule has 2 spiro atoms. The van der Waals surface area contributed by atoms with E-state index in [-0.39, 0.29) is 0 Å². The third-order valence-corrected chi connectivity index (χ3v) is 17.2. The molecular weight excluding hydrogens is 1040 g/mol. The number of anilines is 6. The van der Waals surface area contributed by atoms with E-state index in [1.165, 1.54) is 24.0 Å². The zero-order valence-corrected chi connectivity index (χ0v) is 48.2. The summed E-state index contributed by atoms with van der Waals surface area (Å²) < 4.78 is 37.6. The molecule has 0 fully saturated rings. The smallest absolute Gasteiger partial charge is 0.418 e. The largest absolute Gasteiger partial charge is 0.456 e. The van der Waals surface area contributed by atoms with Gasteiger partial charge >= 0.3 is 24.1 Å². The van der Waals surface area contributed by atoms with Gasteiger partial charge in [0.1, 0.15) is 23.0 Å². The average Bonchev–Trinajstić information content (AvgIpc) is 4.00. The van der Waals surface area contributed by atoms with Crippen LogP contribution in [0.1, 0.15) is 118 Å². The zero-order chi connectivity index (χ0) is 58.3. The number of carbonyl (C=O) groups is 4. The first-order chi connectivity index (χ1) is 40.1. The molecule has 0 saturated heterocycles. The van der Waals surface area contributed by atoms with Crippen LogP contribution in [0.15, 0.2) is 158 Å². The van der Waals surface area contributed by atoms with Crippen molar-refractivity contribution in [3.05, 3.63) is 224 Å². The van der Waals surface area contributed by atoms with Crippen molar-refractivity contribution in [1.29, 1.82) is 0 Å². The van der Waals surface area contributed by atoms with Crippen LogP contribution in [0.4, 0.5) is 43.7 Å². The maximum atomic E-state index is 14.2. The SMILES string of the molecule is CCN(CC)c1ccc2c(c1)Oc1cc(C)c(N(C(=O)OC)c3ccc(C(C)(C)c4ccc(N(C(=O)OC)c5cc6c(cc5C)Oc5cc(N(CC)CC)ccc5C65OC(=O)c6ccccc65)cc4)cc3)cc1C21OC(=O)c2ccccc21. The van der Waals surface area contributed by atoms with Gasteiger partial charge in [0.2, 0.25) is 0 Å². The van der Waals surface area contributed by atoms with Crippen LogP contribution < -0.4 is 29.1 Å². The number of esters is 2. The van der Waals surface area contributed by atoms with E-state index < -0.39 is 40.7 Å². The minimum absolute atomic E-state index is 0.454. The van der Waals surface area contributed by atoms with Gasteiger partial charge in [-0.2, -0.15) is 0 Å². The molecule has 8 aromatic carbocycles. The Morgan fingerprint density at radius 3 is 1.16 bits per heavy atom. The summed E-state index contributed by atoms with van der Waals surface area (Å²) in [4.78, 5) is 63.5. The van der Waals surface area contributed by atoms with Gasteiger partial charge in [-0.1, -0.05) is 74.5 Å². The molecule has 8 aromatic rings. The summed E-state index contributed by atoms with van der Waals surface area (Å²) in [6, 6.07) is 49.8. The Bertz CT molecular complexity index is 3710. The lowest BCUT2D eigenvalue weighted by Crippen LogP contribution is -2.34. The molecule has 83 heavy (non-hydrogen) atoms. The Hall–Kier alpha value is -9.56. The van der Waals surface area contributed by atoms with E-state index in [9.17, 15) is 19.2 Å². The van der Waals surface area contributed by atoms with Gasteiger partial charge in [0, 0.05) is 88.5 Å². The topological polar surface area (TPSA) is 137 Å². The monoisotopic (exact) mass is 1110 g/mol. The van der Waals surface area contributed by atoms with E-state index in [1.807, 2.05) is 159 Å². The van der Waals surface area contributed by atoms with Crippen molar-refractivity contribution in [3.8, 4) is 23.0 Å². The minimum Gasteiger partial charge on any atom is -0.456 e. The molecule has 2 amide bonds. The fraction of sp³-hybridized carbons (Fsp3) is 0.246. The Labute approximate surface area is 483 Å². The zero-order valence-electron chi connectivity index (χ0n) is 48.2. The van der Waals surface area contributed by atoms with E-state index in [0.29, 0.717) is 90.3 Å². The van der Waals surface area contributed by atoms with Crippen LogP contribution >= 0.6 is 0 Å². The first-order valence-corrected chi connectivity index (χ1v) is 28.1. The quantitative estimate of drug-likeness (QED) is 0.0851. The number of aryl methyl sites for hydroxylation is 2. The van der Waals surface area contributed by atoms with Gasteiger partial charge in [-0.15, -0.1) is 0 Å². The van der Waals surface area contributed by atoms with Crippen LogP contribution in [0.3, 0.4) is 0 Å². The number of nitrogens with zero attached hydrogens (tertiary/aromatic N) is 4. The van der Waals surface area contributed by atoms with E-state index in [2.05, 4.69) is 51.3 Å². The normalized spacial score (nSPS) is 16.7. The third kappa shape index (κ3) is 8.27. The fourth-order valence-corrected chi connectivity index (χ4v) is 12.7. The molecule has 0 aromatic heterocycles. The molecule has 2 unspecified atom stereocenters. The number of benzene rings is 8. The molecule has 4 aliphatic rings. The maximum Gasteiger partial charge on any atom is 0.418 e. The standard InChI is InChI=1S/C69H64N4O10/c1-11-70(12-2)47-31-33-53-61(37-47)80-59-35-41(5)57(39-55(59)68(53)51-21-17-15-19-49(51)63(74)82-68)72(65(76)78-9)45-27-23-43(24-28-45)67(7,8)44-25-29-46(30-26-44)73(66(77)79-10)58-40-56-60(36-42(58)6)81-62-38-48(71(13-3)14-4)32-34-54(62)69(56)52-22-18-16-20-50(52)64(75)83-69/h15-40H,11-14H2,1-10H3. The van der Waals surface area contributed by atoms with Gasteiger partial charge < -0.3 is 38.2 Å². The Kier molecular flexibility index (Phi) is 13.3. The first kappa shape index (κ1) is 54.0. The number of rotatable bonds is 12. The summed E-state index contributed by atoms with van der Waals surface area (Å²) in [5.41, 5.74) is 8.82. The number of ether oxygens (including phenoxy) is 6. The van der Waals surface area contributed by atoms with Crippen LogP contribution in [0.2, 0.25) is 0 Å². The highest BCUT2D eigenvalue weighted by atomic mass is 16.6. The van der Waals surface area contributed by atoms with Gasteiger partial charge in [-0.05, 0) is 149 Å². The molecule has 14 nitrogen and oxygen atoms in total. The minimum atomic E-state index is -1.38. The molecule has 14 heteroatoms. The summed E-state index contributed by atoms with van der Waals surface area (Å²) in [5, 5.41) is 0. The molecule has 0 aliphatic carbocycles. The molecule has 12 rings (SSSR count). The number of hydrogen-bond acceptors (Lipinski definition) is 12. The van der Waals surface area contributed by atoms with Gasteiger partial charge in [-0.3, -0.25) is 0 Å². The van der Waals surface area contributed by atoms with E-state index >= 15 is 0 Å². The van der Waals surface area contributed by atoms with Crippen molar-refractivity contribution >= 4 is 58.2 Å². The maximum absolute atomic E-state index is 14.2. The Balaban J connectivity index is 0.881. The molecule has 0 bridgehead atoms. The van der Waals surface area contributed by atoms with Crippen molar-refractivity contribution in [3.63, 3.8) is 0 Å².